The molecular weight excluding hydrogens is 651 g/mol. The molecule has 0 fully saturated rings. The van der Waals surface area contributed by atoms with Gasteiger partial charge in [0.25, 0.3) is 0 Å². The summed E-state index contributed by atoms with van der Waals surface area (Å²) in [6, 6.07) is 17.0. The number of aryl methyl sites for hydroxylation is 2. The van der Waals surface area contributed by atoms with Gasteiger partial charge < -0.3 is 11.0 Å². The summed E-state index contributed by atoms with van der Waals surface area (Å²) in [5, 5.41) is 0. The van der Waals surface area contributed by atoms with Gasteiger partial charge in [-0.2, -0.15) is 0 Å². The number of hydrogen-bond acceptors (Lipinski definition) is 2. The molecule has 4 N–H and O–H groups in total. The summed E-state index contributed by atoms with van der Waals surface area (Å²) < 4.78 is 12.3. The van der Waals surface area contributed by atoms with E-state index in [9.17, 15) is 0 Å². The summed E-state index contributed by atoms with van der Waals surface area (Å²) in [5.41, 5.74) is 2.61. The van der Waals surface area contributed by atoms with Crippen LogP contribution in [0.1, 0.15) is 205 Å². The van der Waals surface area contributed by atoms with Crippen LogP contribution in [0.25, 0.3) is 0 Å². The van der Waals surface area contributed by atoms with E-state index < -0.39 is 0 Å². The maximum absolute atomic E-state index is 6.14. The molecule has 0 aliphatic rings. The third-order valence-electron chi connectivity index (χ3n) is 9.75. The topological polar surface area (TPSA) is 81.5 Å². The molecule has 0 atom stereocenters. The van der Waals surface area contributed by atoms with Crippen molar-refractivity contribution in [2.24, 2.45) is 0 Å². The summed E-state index contributed by atoms with van der Waals surface area (Å²) in [6.45, 7) is 4.59. The van der Waals surface area contributed by atoms with Crippen LogP contribution in [0.3, 0.4) is 0 Å². The van der Waals surface area contributed by atoms with Crippen molar-refractivity contribution in [1.29, 1.82) is 0 Å². The number of benzene rings is 2. The Hall–Kier alpha value is -1.53. The zero-order valence-electron chi connectivity index (χ0n) is 32.0. The molecule has 0 spiro atoms. The maximum atomic E-state index is 6.14. The van der Waals surface area contributed by atoms with Crippen molar-refractivity contribution in [3.05, 3.63) is 59.7 Å². The number of para-hydroxylation sites is 2. The quantitative estimate of drug-likeness (QED) is 0.0672. The predicted molar refractivity (Wildman–Crippen MR) is 209 cm³/mol. The molecule has 5 heteroatoms. The van der Waals surface area contributed by atoms with Crippen LogP contribution >= 0.6 is 0 Å². The van der Waals surface area contributed by atoms with Crippen molar-refractivity contribution in [2.45, 2.75) is 206 Å². The van der Waals surface area contributed by atoms with E-state index in [-0.39, 0.29) is 11.0 Å². The molecular formula is C44H78CoO4. The minimum atomic E-state index is 0. The van der Waals surface area contributed by atoms with Crippen molar-refractivity contribution < 1.29 is 34.0 Å². The molecule has 0 aliphatic carbocycles. The van der Waals surface area contributed by atoms with E-state index in [2.05, 4.69) is 62.4 Å². The van der Waals surface area contributed by atoms with Gasteiger partial charge in [0.2, 0.25) is 0 Å². The zero-order chi connectivity index (χ0) is 33.3. The molecule has 2 aromatic carbocycles. The van der Waals surface area contributed by atoms with Crippen molar-refractivity contribution in [2.75, 3.05) is 0 Å². The fourth-order valence-electron chi connectivity index (χ4n) is 6.65. The molecule has 0 saturated heterocycles. The summed E-state index contributed by atoms with van der Waals surface area (Å²) in [7, 11) is 0. The normalized spacial score (nSPS) is 10.9. The summed E-state index contributed by atoms with van der Waals surface area (Å²) >= 11 is 0.586. The van der Waals surface area contributed by atoms with Gasteiger partial charge in [-0.25, -0.2) is 0 Å². The van der Waals surface area contributed by atoms with Gasteiger partial charge in [-0.05, 0) is 0 Å². The number of hydrogen-bond donors (Lipinski definition) is 0. The summed E-state index contributed by atoms with van der Waals surface area (Å²) in [6.07, 6.45) is 41.3. The van der Waals surface area contributed by atoms with Gasteiger partial charge in [-0.1, -0.05) is 90.9 Å². The van der Waals surface area contributed by atoms with Gasteiger partial charge in [0.1, 0.15) is 0 Å². The van der Waals surface area contributed by atoms with Crippen molar-refractivity contribution in [1.82, 2.24) is 0 Å². The van der Waals surface area contributed by atoms with Crippen LogP contribution in [0, 0.1) is 0 Å². The Bertz CT molecular complexity index is 877. The standard InChI is InChI=1S/2C22H38O.Co.2H2O/c2*1-2-3-4-5-6-7-8-9-10-11-12-13-14-15-18-21-19-16-17-20-22(21)23;;;/h2*16-17,19-20,23H,2-15,18H2,1H3;;2*1H2/q;;+2;;/p-2. The Kier molecular flexibility index (Phi) is 35.1. The molecule has 49 heavy (non-hydrogen) atoms. The van der Waals surface area contributed by atoms with Gasteiger partial charge in [0.15, 0.2) is 0 Å². The molecule has 0 radical (unpaired) electrons. The molecule has 0 aromatic heterocycles. The van der Waals surface area contributed by atoms with Gasteiger partial charge >= 0.3 is 210 Å². The monoisotopic (exact) mass is 730 g/mol. The van der Waals surface area contributed by atoms with Crippen LogP contribution in [-0.2, 0) is 28.2 Å². The minimum absolute atomic E-state index is 0. The van der Waals surface area contributed by atoms with Crippen molar-refractivity contribution in [3.63, 3.8) is 0 Å². The SMILES string of the molecule is CCCCCCCCCCCCCCCCc1ccccc1[O][Co][O]c1ccccc1CCCCCCCCCCCCCCCC.O.O. The van der Waals surface area contributed by atoms with Crippen LogP contribution < -0.4 is 7.70 Å². The molecule has 0 heterocycles. The molecule has 0 amide bonds. The minimum Gasteiger partial charge on any atom is -0.412 e. The smallest absolute Gasteiger partial charge is 0.412 e. The van der Waals surface area contributed by atoms with Crippen LogP contribution in [-0.4, -0.2) is 11.0 Å². The molecule has 0 bridgehead atoms. The summed E-state index contributed by atoms with van der Waals surface area (Å²) in [4.78, 5) is 0. The van der Waals surface area contributed by atoms with Gasteiger partial charge in [0.05, 0.1) is 0 Å². The Balaban J connectivity index is 0.0000115. The fourth-order valence-corrected chi connectivity index (χ4v) is 7.29. The average molecular weight is 730 g/mol. The molecule has 287 valence electrons. The molecule has 2 rings (SSSR count). The van der Waals surface area contributed by atoms with Crippen LogP contribution in [0.5, 0.6) is 11.5 Å². The fraction of sp³-hybridized carbons (Fsp3) is 0.727. The first-order valence-corrected chi connectivity index (χ1v) is 21.3. The second kappa shape index (κ2) is 36.3. The molecule has 4 nitrogen and oxygen atoms in total. The molecule has 0 saturated carbocycles. The van der Waals surface area contributed by atoms with E-state index in [1.54, 1.807) is 0 Å². The third kappa shape index (κ3) is 26.9. The number of rotatable bonds is 34. The Morgan fingerprint density at radius 1 is 0.347 bits per heavy atom. The Morgan fingerprint density at radius 3 is 0.878 bits per heavy atom. The average Bonchev–Trinajstić information content (AvgIpc) is 3.09. The third-order valence-corrected chi connectivity index (χ3v) is 10.4. The molecule has 2 aromatic rings. The van der Waals surface area contributed by atoms with E-state index in [0.717, 1.165) is 24.3 Å². The van der Waals surface area contributed by atoms with E-state index in [4.69, 9.17) is 7.70 Å². The van der Waals surface area contributed by atoms with Crippen molar-refractivity contribution >= 4 is 0 Å². The molecule has 0 unspecified atom stereocenters. The van der Waals surface area contributed by atoms with Crippen molar-refractivity contribution in [3.8, 4) is 11.5 Å². The number of unbranched alkanes of at least 4 members (excludes halogenated alkanes) is 26. The van der Waals surface area contributed by atoms with Crippen LogP contribution in [0.15, 0.2) is 48.5 Å². The first-order chi connectivity index (χ1) is 23.3. The first kappa shape index (κ1) is 47.5. The Labute approximate surface area is 310 Å². The van der Waals surface area contributed by atoms with E-state index in [0.29, 0.717) is 15.3 Å². The van der Waals surface area contributed by atoms with Gasteiger partial charge in [0, 0.05) is 0 Å². The van der Waals surface area contributed by atoms with E-state index in [1.807, 2.05) is 0 Å². The predicted octanol–water partition coefficient (Wildman–Crippen LogP) is 13.5. The van der Waals surface area contributed by atoms with Crippen LogP contribution in [0.2, 0.25) is 0 Å². The van der Waals surface area contributed by atoms with E-state index in [1.165, 1.54) is 191 Å². The second-order valence-corrected chi connectivity index (χ2v) is 14.7. The zero-order valence-corrected chi connectivity index (χ0v) is 33.0. The molecule has 0 aliphatic heterocycles. The van der Waals surface area contributed by atoms with Crippen LogP contribution in [0.4, 0.5) is 0 Å². The first-order valence-electron chi connectivity index (χ1n) is 20.5. The van der Waals surface area contributed by atoms with Gasteiger partial charge in [-0.15, -0.1) is 0 Å². The Morgan fingerprint density at radius 2 is 0.592 bits per heavy atom. The summed E-state index contributed by atoms with van der Waals surface area (Å²) in [5.74, 6) is 1.93. The second-order valence-electron chi connectivity index (χ2n) is 14.1. The van der Waals surface area contributed by atoms with E-state index >= 15 is 0 Å². The van der Waals surface area contributed by atoms with Gasteiger partial charge in [-0.3, -0.25) is 0 Å².